The van der Waals surface area contributed by atoms with E-state index in [1.54, 1.807) is 6.92 Å². The van der Waals surface area contributed by atoms with Gasteiger partial charge in [0, 0.05) is 16.8 Å². The standard InChI is InChI=1S/C12H12N2O/c1-8-6-12(14-13-8)11-5-3-4-10(7-11)9(2)15/h3-7H,1-2H3,(H,13,14). The molecule has 0 aliphatic heterocycles. The summed E-state index contributed by atoms with van der Waals surface area (Å²) in [6, 6.07) is 9.45. The van der Waals surface area contributed by atoms with Crippen molar-refractivity contribution in [2.45, 2.75) is 13.8 Å². The number of hydrogen-bond donors (Lipinski definition) is 1. The Balaban J connectivity index is 2.45. The first kappa shape index (κ1) is 9.65. The molecule has 0 unspecified atom stereocenters. The van der Waals surface area contributed by atoms with Gasteiger partial charge in [-0.1, -0.05) is 18.2 Å². The molecule has 2 aromatic rings. The largest absolute Gasteiger partial charge is 0.295 e. The van der Waals surface area contributed by atoms with Gasteiger partial charge < -0.3 is 0 Å². The molecule has 0 aliphatic rings. The van der Waals surface area contributed by atoms with Gasteiger partial charge in [0.15, 0.2) is 5.78 Å². The molecule has 1 aromatic heterocycles. The van der Waals surface area contributed by atoms with Gasteiger partial charge in [0.2, 0.25) is 0 Å². The van der Waals surface area contributed by atoms with Gasteiger partial charge in [0.1, 0.15) is 0 Å². The molecule has 0 bridgehead atoms. The van der Waals surface area contributed by atoms with Crippen molar-refractivity contribution in [3.63, 3.8) is 0 Å². The van der Waals surface area contributed by atoms with Gasteiger partial charge in [0.05, 0.1) is 5.69 Å². The highest BCUT2D eigenvalue weighted by Gasteiger charge is 2.04. The van der Waals surface area contributed by atoms with E-state index in [0.29, 0.717) is 5.56 Å². The van der Waals surface area contributed by atoms with E-state index in [4.69, 9.17) is 0 Å². The second-order valence-corrected chi connectivity index (χ2v) is 3.57. The monoisotopic (exact) mass is 200 g/mol. The molecule has 0 amide bonds. The van der Waals surface area contributed by atoms with Crippen LogP contribution in [0, 0.1) is 6.92 Å². The van der Waals surface area contributed by atoms with E-state index < -0.39 is 0 Å². The molecule has 2 rings (SSSR count). The third-order valence-corrected chi connectivity index (χ3v) is 2.27. The smallest absolute Gasteiger partial charge is 0.159 e. The fourth-order valence-corrected chi connectivity index (χ4v) is 1.46. The topological polar surface area (TPSA) is 45.8 Å². The molecule has 0 fully saturated rings. The minimum absolute atomic E-state index is 0.0732. The average molecular weight is 200 g/mol. The number of aryl methyl sites for hydroxylation is 1. The zero-order valence-corrected chi connectivity index (χ0v) is 8.74. The van der Waals surface area contributed by atoms with Crippen molar-refractivity contribution in [3.8, 4) is 11.3 Å². The lowest BCUT2D eigenvalue weighted by Gasteiger charge is -1.98. The van der Waals surface area contributed by atoms with Crippen LogP contribution in [0.4, 0.5) is 0 Å². The summed E-state index contributed by atoms with van der Waals surface area (Å²) in [5.74, 6) is 0.0732. The van der Waals surface area contributed by atoms with Crippen molar-refractivity contribution in [2.75, 3.05) is 0 Å². The molecular weight excluding hydrogens is 188 g/mol. The van der Waals surface area contributed by atoms with E-state index >= 15 is 0 Å². The molecule has 1 aromatic carbocycles. The number of carbonyl (C=O) groups excluding carboxylic acids is 1. The van der Waals surface area contributed by atoms with Crippen LogP contribution in [0.2, 0.25) is 0 Å². The third-order valence-electron chi connectivity index (χ3n) is 2.27. The second kappa shape index (κ2) is 3.69. The second-order valence-electron chi connectivity index (χ2n) is 3.57. The summed E-state index contributed by atoms with van der Waals surface area (Å²) in [6.07, 6.45) is 0. The molecule has 0 atom stereocenters. The number of ketones is 1. The van der Waals surface area contributed by atoms with Gasteiger partial charge in [-0.05, 0) is 26.0 Å². The van der Waals surface area contributed by atoms with Crippen LogP contribution in [0.15, 0.2) is 30.3 Å². The quantitative estimate of drug-likeness (QED) is 0.757. The minimum Gasteiger partial charge on any atom is -0.295 e. The number of aromatic nitrogens is 2. The Morgan fingerprint density at radius 3 is 2.73 bits per heavy atom. The van der Waals surface area contributed by atoms with Crippen molar-refractivity contribution in [2.24, 2.45) is 0 Å². The van der Waals surface area contributed by atoms with E-state index in [1.165, 1.54) is 0 Å². The maximum Gasteiger partial charge on any atom is 0.159 e. The van der Waals surface area contributed by atoms with Crippen LogP contribution >= 0.6 is 0 Å². The number of aromatic amines is 1. The Kier molecular flexibility index (Phi) is 2.37. The van der Waals surface area contributed by atoms with Crippen molar-refractivity contribution >= 4 is 5.78 Å². The Labute approximate surface area is 88.1 Å². The number of nitrogens with one attached hydrogen (secondary N) is 1. The number of hydrogen-bond acceptors (Lipinski definition) is 2. The van der Waals surface area contributed by atoms with Crippen molar-refractivity contribution in [1.82, 2.24) is 10.2 Å². The maximum atomic E-state index is 11.2. The van der Waals surface area contributed by atoms with Crippen molar-refractivity contribution in [3.05, 3.63) is 41.6 Å². The Hall–Kier alpha value is -1.90. The molecule has 3 nitrogen and oxygen atoms in total. The normalized spacial score (nSPS) is 10.3. The summed E-state index contributed by atoms with van der Waals surface area (Å²) in [5, 5.41) is 7.03. The lowest BCUT2D eigenvalue weighted by molar-refractivity contribution is 0.101. The first-order valence-corrected chi connectivity index (χ1v) is 4.80. The predicted molar refractivity (Wildman–Crippen MR) is 58.8 cm³/mol. The third kappa shape index (κ3) is 1.96. The first-order chi connectivity index (χ1) is 7.16. The van der Waals surface area contributed by atoms with Crippen LogP contribution in [0.3, 0.4) is 0 Å². The number of carbonyl (C=O) groups is 1. The summed E-state index contributed by atoms with van der Waals surface area (Å²) in [7, 11) is 0. The lowest BCUT2D eigenvalue weighted by atomic mass is 10.1. The summed E-state index contributed by atoms with van der Waals surface area (Å²) >= 11 is 0. The van der Waals surface area contributed by atoms with Gasteiger partial charge in [-0.2, -0.15) is 5.10 Å². The maximum absolute atomic E-state index is 11.2. The zero-order chi connectivity index (χ0) is 10.8. The van der Waals surface area contributed by atoms with Gasteiger partial charge in [-0.25, -0.2) is 0 Å². The number of H-pyrrole nitrogens is 1. The molecule has 0 spiro atoms. The van der Waals surface area contributed by atoms with E-state index in [2.05, 4.69) is 10.2 Å². The van der Waals surface area contributed by atoms with Crippen LogP contribution in [0.1, 0.15) is 23.0 Å². The highest BCUT2D eigenvalue weighted by atomic mass is 16.1. The van der Waals surface area contributed by atoms with Gasteiger partial charge >= 0.3 is 0 Å². The van der Waals surface area contributed by atoms with Crippen molar-refractivity contribution in [1.29, 1.82) is 0 Å². The number of benzene rings is 1. The number of nitrogens with zero attached hydrogens (tertiary/aromatic N) is 1. The van der Waals surface area contributed by atoms with Crippen molar-refractivity contribution < 1.29 is 4.79 Å². The molecule has 1 heterocycles. The molecular formula is C12H12N2O. The van der Waals surface area contributed by atoms with E-state index in [9.17, 15) is 4.79 Å². The predicted octanol–water partition coefficient (Wildman–Crippen LogP) is 2.59. The van der Waals surface area contributed by atoms with Gasteiger partial charge in [-0.3, -0.25) is 9.89 Å². The zero-order valence-electron chi connectivity index (χ0n) is 8.74. The molecule has 15 heavy (non-hydrogen) atoms. The molecule has 1 N–H and O–H groups in total. The molecule has 0 radical (unpaired) electrons. The molecule has 0 saturated heterocycles. The van der Waals surface area contributed by atoms with Gasteiger partial charge in [0.25, 0.3) is 0 Å². The van der Waals surface area contributed by atoms with Gasteiger partial charge in [-0.15, -0.1) is 0 Å². The number of Topliss-reactive ketones (excluding diaryl/α,β-unsaturated/α-hetero) is 1. The lowest BCUT2D eigenvalue weighted by Crippen LogP contribution is -1.91. The highest BCUT2D eigenvalue weighted by Crippen LogP contribution is 2.18. The summed E-state index contributed by atoms with van der Waals surface area (Å²) in [6.45, 7) is 3.51. The summed E-state index contributed by atoms with van der Waals surface area (Å²) in [4.78, 5) is 11.2. The van der Waals surface area contributed by atoms with E-state index in [0.717, 1.165) is 17.0 Å². The summed E-state index contributed by atoms with van der Waals surface area (Å²) < 4.78 is 0. The average Bonchev–Trinajstić information content (AvgIpc) is 2.65. The van der Waals surface area contributed by atoms with Crippen LogP contribution in [-0.4, -0.2) is 16.0 Å². The minimum atomic E-state index is 0.0732. The number of rotatable bonds is 2. The first-order valence-electron chi connectivity index (χ1n) is 4.80. The molecule has 76 valence electrons. The molecule has 3 heteroatoms. The highest BCUT2D eigenvalue weighted by molar-refractivity contribution is 5.95. The Bertz CT molecular complexity index is 500. The summed E-state index contributed by atoms with van der Waals surface area (Å²) in [5.41, 5.74) is 3.56. The van der Waals surface area contributed by atoms with Crippen LogP contribution in [0.5, 0.6) is 0 Å². The van der Waals surface area contributed by atoms with Crippen LogP contribution in [0.25, 0.3) is 11.3 Å². The van der Waals surface area contributed by atoms with Crippen LogP contribution < -0.4 is 0 Å². The molecule has 0 saturated carbocycles. The fraction of sp³-hybridized carbons (Fsp3) is 0.167. The fourth-order valence-electron chi connectivity index (χ4n) is 1.46. The van der Waals surface area contributed by atoms with E-state index in [-0.39, 0.29) is 5.78 Å². The van der Waals surface area contributed by atoms with Crippen LogP contribution in [-0.2, 0) is 0 Å². The SMILES string of the molecule is CC(=O)c1cccc(-c2cc(C)[nH]n2)c1. The van der Waals surface area contributed by atoms with E-state index in [1.807, 2.05) is 37.3 Å². The Morgan fingerprint density at radius 2 is 2.13 bits per heavy atom. The Morgan fingerprint density at radius 1 is 1.33 bits per heavy atom. The molecule has 0 aliphatic carbocycles.